The second-order valence-corrected chi connectivity index (χ2v) is 7.62. The highest BCUT2D eigenvalue weighted by molar-refractivity contribution is 5.81. The van der Waals surface area contributed by atoms with Crippen molar-refractivity contribution in [3.8, 4) is 5.69 Å². The van der Waals surface area contributed by atoms with Crippen molar-refractivity contribution in [1.82, 2.24) is 14.5 Å². The number of amides is 1. The van der Waals surface area contributed by atoms with Crippen molar-refractivity contribution in [3.63, 3.8) is 0 Å². The molecule has 6 heteroatoms. The van der Waals surface area contributed by atoms with Gasteiger partial charge >= 0.3 is 5.97 Å². The van der Waals surface area contributed by atoms with Crippen LogP contribution in [0.4, 0.5) is 0 Å². The summed E-state index contributed by atoms with van der Waals surface area (Å²) in [5.74, 6) is -0.0220. The van der Waals surface area contributed by atoms with E-state index >= 15 is 0 Å². The number of hydrogen-bond acceptors (Lipinski definition) is 3. The maximum absolute atomic E-state index is 12.7. The van der Waals surface area contributed by atoms with Crippen molar-refractivity contribution < 1.29 is 14.7 Å². The van der Waals surface area contributed by atoms with Crippen LogP contribution in [0.3, 0.4) is 0 Å². The van der Waals surface area contributed by atoms with Crippen LogP contribution in [0.2, 0.25) is 0 Å². The number of carbonyl (C=O) groups excluding carboxylic acids is 1. The Hall–Kier alpha value is -3.15. The largest absolute Gasteiger partial charge is 0.481 e. The second kappa shape index (κ2) is 7.11. The second-order valence-electron chi connectivity index (χ2n) is 7.62. The Morgan fingerprint density at radius 2 is 1.82 bits per heavy atom. The van der Waals surface area contributed by atoms with E-state index in [1.807, 2.05) is 54.6 Å². The van der Waals surface area contributed by atoms with Gasteiger partial charge in [0, 0.05) is 31.6 Å². The van der Waals surface area contributed by atoms with Crippen LogP contribution in [0, 0.1) is 5.41 Å². The number of aromatic nitrogens is 2. The average molecular weight is 377 g/mol. The third-order valence-electron chi connectivity index (χ3n) is 5.55. The number of carbonyl (C=O) groups is 2. The Balaban J connectivity index is 1.56. The fraction of sp³-hybridized carbons (Fsp3) is 0.318. The lowest BCUT2D eigenvalue weighted by molar-refractivity contribution is -0.147. The number of benzene rings is 2. The highest BCUT2D eigenvalue weighted by atomic mass is 16.4. The number of imidazole rings is 1. The Morgan fingerprint density at radius 1 is 1.11 bits per heavy atom. The van der Waals surface area contributed by atoms with Crippen molar-refractivity contribution in [2.24, 2.45) is 5.41 Å². The minimum Gasteiger partial charge on any atom is -0.481 e. The first-order valence-corrected chi connectivity index (χ1v) is 9.51. The molecule has 0 radical (unpaired) electrons. The van der Waals surface area contributed by atoms with Gasteiger partial charge in [-0.1, -0.05) is 30.3 Å². The molecule has 1 aliphatic rings. The van der Waals surface area contributed by atoms with Crippen LogP contribution >= 0.6 is 0 Å². The maximum Gasteiger partial charge on any atom is 0.311 e. The van der Waals surface area contributed by atoms with Gasteiger partial charge in [0.2, 0.25) is 5.91 Å². The summed E-state index contributed by atoms with van der Waals surface area (Å²) in [7, 11) is 0. The molecule has 0 bridgehead atoms. The molecular weight excluding hydrogens is 354 g/mol. The normalized spacial score (nSPS) is 19.2. The molecule has 4 rings (SSSR count). The summed E-state index contributed by atoms with van der Waals surface area (Å²) >= 11 is 0. The van der Waals surface area contributed by atoms with Gasteiger partial charge in [-0.25, -0.2) is 4.98 Å². The number of nitrogens with zero attached hydrogens (tertiary/aromatic N) is 3. The molecule has 1 saturated heterocycles. The first kappa shape index (κ1) is 18.2. The van der Waals surface area contributed by atoms with Crippen molar-refractivity contribution in [2.45, 2.75) is 26.2 Å². The molecule has 0 aliphatic carbocycles. The van der Waals surface area contributed by atoms with E-state index in [0.29, 0.717) is 25.8 Å². The molecule has 1 aliphatic heterocycles. The summed E-state index contributed by atoms with van der Waals surface area (Å²) in [5.41, 5.74) is 2.08. The molecular formula is C22H23N3O3. The molecule has 1 aromatic heterocycles. The molecule has 144 valence electrons. The third-order valence-corrected chi connectivity index (χ3v) is 5.55. The SMILES string of the molecule is C[C@@]1(C(=O)O)CCN(C(=O)CCc2nc3ccccc3n2-c2ccccc2)C1. The van der Waals surface area contributed by atoms with E-state index in [9.17, 15) is 14.7 Å². The van der Waals surface area contributed by atoms with E-state index < -0.39 is 11.4 Å². The quantitative estimate of drug-likeness (QED) is 0.740. The standard InChI is InChI=1S/C22H23N3O3/c1-22(21(27)28)13-14-24(15-22)20(26)12-11-19-23-17-9-5-6-10-18(17)25(19)16-7-3-2-4-8-16/h2-10H,11-15H2,1H3,(H,27,28)/t22-/m1/s1. The summed E-state index contributed by atoms with van der Waals surface area (Å²) in [4.78, 5) is 30.5. The van der Waals surface area contributed by atoms with Crippen LogP contribution in [0.25, 0.3) is 16.7 Å². The average Bonchev–Trinajstić information content (AvgIpc) is 3.28. The number of para-hydroxylation sites is 3. The summed E-state index contributed by atoms with van der Waals surface area (Å²) < 4.78 is 2.09. The number of rotatable bonds is 5. The van der Waals surface area contributed by atoms with Crippen molar-refractivity contribution in [1.29, 1.82) is 0 Å². The van der Waals surface area contributed by atoms with E-state index in [-0.39, 0.29) is 12.5 Å². The number of aryl methyl sites for hydroxylation is 1. The highest BCUT2D eigenvalue weighted by Gasteiger charge is 2.41. The molecule has 0 saturated carbocycles. The monoisotopic (exact) mass is 377 g/mol. The zero-order chi connectivity index (χ0) is 19.7. The van der Waals surface area contributed by atoms with Crippen molar-refractivity contribution in [3.05, 3.63) is 60.4 Å². The summed E-state index contributed by atoms with van der Waals surface area (Å²) in [5, 5.41) is 9.37. The van der Waals surface area contributed by atoms with Crippen LogP contribution in [-0.2, 0) is 16.0 Å². The topological polar surface area (TPSA) is 75.4 Å². The van der Waals surface area contributed by atoms with Crippen LogP contribution in [0.5, 0.6) is 0 Å². The summed E-state index contributed by atoms with van der Waals surface area (Å²) in [6.45, 7) is 2.48. The predicted octanol–water partition coefficient (Wildman–Crippen LogP) is 3.28. The molecule has 6 nitrogen and oxygen atoms in total. The van der Waals surface area contributed by atoms with Crippen LogP contribution in [0.1, 0.15) is 25.6 Å². The number of hydrogen-bond donors (Lipinski definition) is 1. The smallest absolute Gasteiger partial charge is 0.311 e. The van der Waals surface area contributed by atoms with Crippen molar-refractivity contribution >= 4 is 22.9 Å². The molecule has 2 aromatic carbocycles. The summed E-state index contributed by atoms with van der Waals surface area (Å²) in [6, 6.07) is 17.9. The fourth-order valence-corrected chi connectivity index (χ4v) is 3.83. The Bertz CT molecular complexity index is 1030. The number of likely N-dealkylation sites (tertiary alicyclic amines) is 1. The van der Waals surface area contributed by atoms with Crippen LogP contribution in [-0.4, -0.2) is 44.5 Å². The molecule has 3 aromatic rings. The molecule has 1 fully saturated rings. The molecule has 1 N–H and O–H groups in total. The lowest BCUT2D eigenvalue weighted by atomic mass is 9.90. The van der Waals surface area contributed by atoms with Crippen LogP contribution in [0.15, 0.2) is 54.6 Å². The number of carboxylic acids is 1. The van der Waals surface area contributed by atoms with E-state index in [0.717, 1.165) is 22.5 Å². The molecule has 28 heavy (non-hydrogen) atoms. The van der Waals surface area contributed by atoms with Gasteiger partial charge in [0.25, 0.3) is 0 Å². The Kier molecular flexibility index (Phi) is 4.63. The van der Waals surface area contributed by atoms with E-state index in [1.54, 1.807) is 11.8 Å². The van der Waals surface area contributed by atoms with E-state index in [1.165, 1.54) is 0 Å². The van der Waals surface area contributed by atoms with Gasteiger partial charge in [0.1, 0.15) is 5.82 Å². The third kappa shape index (κ3) is 3.26. The zero-order valence-corrected chi connectivity index (χ0v) is 15.8. The number of fused-ring (bicyclic) bond motifs is 1. The van der Waals surface area contributed by atoms with Crippen molar-refractivity contribution in [2.75, 3.05) is 13.1 Å². The summed E-state index contributed by atoms with van der Waals surface area (Å²) in [6.07, 6.45) is 1.31. The van der Waals surface area contributed by atoms with Gasteiger partial charge in [0.15, 0.2) is 0 Å². The minimum atomic E-state index is -0.840. The van der Waals surface area contributed by atoms with Gasteiger partial charge in [-0.2, -0.15) is 0 Å². The minimum absolute atomic E-state index is 0.0170. The Morgan fingerprint density at radius 3 is 2.54 bits per heavy atom. The Labute approximate surface area is 163 Å². The molecule has 1 atom stereocenters. The van der Waals surface area contributed by atoms with Gasteiger partial charge < -0.3 is 10.0 Å². The first-order valence-electron chi connectivity index (χ1n) is 9.51. The number of carboxylic acid groups (broad SMARTS) is 1. The van der Waals surface area contributed by atoms with E-state index in [2.05, 4.69) is 4.57 Å². The number of aliphatic carboxylic acids is 1. The van der Waals surface area contributed by atoms with Gasteiger partial charge in [-0.3, -0.25) is 14.2 Å². The maximum atomic E-state index is 12.7. The van der Waals surface area contributed by atoms with Gasteiger partial charge in [-0.05, 0) is 37.6 Å². The van der Waals surface area contributed by atoms with Gasteiger partial charge in [-0.15, -0.1) is 0 Å². The first-order chi connectivity index (χ1) is 13.5. The molecule has 0 spiro atoms. The molecule has 2 heterocycles. The predicted molar refractivity (Wildman–Crippen MR) is 106 cm³/mol. The molecule has 1 amide bonds. The lowest BCUT2D eigenvalue weighted by Crippen LogP contribution is -2.35. The van der Waals surface area contributed by atoms with E-state index in [4.69, 9.17) is 4.98 Å². The van der Waals surface area contributed by atoms with Crippen LogP contribution < -0.4 is 0 Å². The fourth-order valence-electron chi connectivity index (χ4n) is 3.83. The lowest BCUT2D eigenvalue weighted by Gasteiger charge is -2.20. The molecule has 0 unspecified atom stereocenters. The van der Waals surface area contributed by atoms with Gasteiger partial charge in [0.05, 0.1) is 16.4 Å². The highest BCUT2D eigenvalue weighted by Crippen LogP contribution is 2.30. The zero-order valence-electron chi connectivity index (χ0n) is 15.8.